The number of anilines is 1. The Hall–Kier alpha value is -2.09. The maximum absolute atomic E-state index is 12.9. The first-order chi connectivity index (χ1) is 9.10. The van der Waals surface area contributed by atoms with Crippen molar-refractivity contribution in [3.05, 3.63) is 29.6 Å². The summed E-state index contributed by atoms with van der Waals surface area (Å²) in [5.41, 5.74) is 0.652. The molecule has 1 aromatic rings. The van der Waals surface area contributed by atoms with Gasteiger partial charge in [-0.1, -0.05) is 13.8 Å². The Kier molecular flexibility index (Phi) is 5.80. The lowest BCUT2D eigenvalue weighted by molar-refractivity contribution is -0.120. The minimum absolute atomic E-state index is 0.0663. The van der Waals surface area contributed by atoms with Gasteiger partial charge in [0.2, 0.25) is 5.91 Å². The molecule has 1 amide bonds. The van der Waals surface area contributed by atoms with Gasteiger partial charge in [-0.25, -0.2) is 4.39 Å². The number of rotatable bonds is 6. The first-order valence-corrected chi connectivity index (χ1v) is 6.33. The molecule has 0 bridgehead atoms. The van der Waals surface area contributed by atoms with Crippen molar-refractivity contribution >= 4 is 11.6 Å². The van der Waals surface area contributed by atoms with Gasteiger partial charge in [0.05, 0.1) is 17.8 Å². The molecule has 0 unspecified atom stereocenters. The van der Waals surface area contributed by atoms with Crippen LogP contribution in [0, 0.1) is 17.1 Å². The van der Waals surface area contributed by atoms with Crippen LogP contribution in [-0.4, -0.2) is 18.5 Å². The van der Waals surface area contributed by atoms with E-state index in [1.807, 2.05) is 19.9 Å². The Bertz CT molecular complexity index is 478. The molecule has 19 heavy (non-hydrogen) atoms. The van der Waals surface area contributed by atoms with Gasteiger partial charge in [0.15, 0.2) is 0 Å². The van der Waals surface area contributed by atoms with Crippen molar-refractivity contribution in [3.8, 4) is 6.07 Å². The molecule has 0 aromatic heterocycles. The maximum Gasteiger partial charge on any atom is 0.239 e. The lowest BCUT2D eigenvalue weighted by Gasteiger charge is -2.15. The van der Waals surface area contributed by atoms with E-state index in [1.54, 1.807) is 0 Å². The topological polar surface area (TPSA) is 64.9 Å². The van der Waals surface area contributed by atoms with Gasteiger partial charge in [0.25, 0.3) is 0 Å². The highest BCUT2D eigenvalue weighted by Crippen LogP contribution is 2.15. The minimum Gasteiger partial charge on any atom is -0.375 e. The second-order valence-electron chi connectivity index (χ2n) is 4.24. The number of amides is 1. The number of carbonyl (C=O) groups excluding carboxylic acids is 1. The summed E-state index contributed by atoms with van der Waals surface area (Å²) in [7, 11) is 0. The van der Waals surface area contributed by atoms with Crippen molar-refractivity contribution in [1.82, 2.24) is 5.32 Å². The molecule has 0 radical (unpaired) electrons. The van der Waals surface area contributed by atoms with Crippen LogP contribution in [0.15, 0.2) is 18.2 Å². The minimum atomic E-state index is -0.469. The summed E-state index contributed by atoms with van der Waals surface area (Å²) >= 11 is 0. The predicted octanol–water partition coefficient (Wildman–Crippen LogP) is 2.41. The molecule has 0 aliphatic carbocycles. The zero-order valence-corrected chi connectivity index (χ0v) is 11.2. The lowest BCUT2D eigenvalue weighted by Crippen LogP contribution is -2.37. The SMILES string of the molecule is CCC(CC)NC(=O)CNc1ccc(F)cc1C#N. The fourth-order valence-corrected chi connectivity index (χ4v) is 1.71. The summed E-state index contributed by atoms with van der Waals surface area (Å²) in [5, 5.41) is 14.6. The van der Waals surface area contributed by atoms with Crippen LogP contribution in [0.5, 0.6) is 0 Å². The highest BCUT2D eigenvalue weighted by atomic mass is 19.1. The van der Waals surface area contributed by atoms with Gasteiger partial charge in [-0.05, 0) is 31.0 Å². The van der Waals surface area contributed by atoms with Gasteiger partial charge in [-0.3, -0.25) is 4.79 Å². The van der Waals surface area contributed by atoms with Crippen LogP contribution in [-0.2, 0) is 4.79 Å². The van der Waals surface area contributed by atoms with E-state index < -0.39 is 5.82 Å². The Morgan fingerprint density at radius 1 is 1.42 bits per heavy atom. The van der Waals surface area contributed by atoms with Crippen molar-refractivity contribution in [2.45, 2.75) is 32.7 Å². The molecule has 0 saturated heterocycles. The van der Waals surface area contributed by atoms with Gasteiger partial charge in [0, 0.05) is 6.04 Å². The van der Waals surface area contributed by atoms with E-state index >= 15 is 0 Å². The predicted molar refractivity (Wildman–Crippen MR) is 72.1 cm³/mol. The third-order valence-electron chi connectivity index (χ3n) is 2.89. The molecule has 0 atom stereocenters. The quantitative estimate of drug-likeness (QED) is 0.828. The van der Waals surface area contributed by atoms with Gasteiger partial charge in [0.1, 0.15) is 11.9 Å². The summed E-state index contributed by atoms with van der Waals surface area (Å²) in [4.78, 5) is 11.7. The van der Waals surface area contributed by atoms with Crippen molar-refractivity contribution in [3.63, 3.8) is 0 Å². The van der Waals surface area contributed by atoms with Gasteiger partial charge < -0.3 is 10.6 Å². The number of hydrogen-bond acceptors (Lipinski definition) is 3. The van der Waals surface area contributed by atoms with E-state index in [4.69, 9.17) is 5.26 Å². The van der Waals surface area contributed by atoms with E-state index in [-0.39, 0.29) is 24.1 Å². The highest BCUT2D eigenvalue weighted by Gasteiger charge is 2.09. The van der Waals surface area contributed by atoms with E-state index in [0.29, 0.717) is 5.69 Å². The van der Waals surface area contributed by atoms with Crippen molar-refractivity contribution in [2.24, 2.45) is 0 Å². The molecule has 0 fully saturated rings. The molecule has 5 heteroatoms. The normalized spacial score (nSPS) is 10.1. The number of benzene rings is 1. The Balaban J connectivity index is 2.58. The zero-order chi connectivity index (χ0) is 14.3. The van der Waals surface area contributed by atoms with Crippen molar-refractivity contribution in [1.29, 1.82) is 5.26 Å². The molecule has 0 saturated carbocycles. The molecule has 0 aliphatic rings. The molecule has 1 rings (SSSR count). The van der Waals surface area contributed by atoms with Crippen LogP contribution in [0.4, 0.5) is 10.1 Å². The monoisotopic (exact) mass is 263 g/mol. The number of hydrogen-bond donors (Lipinski definition) is 2. The molecular formula is C14H18FN3O. The molecule has 1 aromatic carbocycles. The molecule has 0 aliphatic heterocycles. The molecule has 2 N–H and O–H groups in total. The highest BCUT2D eigenvalue weighted by molar-refractivity contribution is 5.81. The standard InChI is InChI=1S/C14H18FN3O/c1-3-12(4-2)18-14(19)9-17-13-6-5-11(15)7-10(13)8-16/h5-7,12,17H,3-4,9H2,1-2H3,(H,18,19). The van der Waals surface area contributed by atoms with Crippen LogP contribution < -0.4 is 10.6 Å². The fraction of sp³-hybridized carbons (Fsp3) is 0.429. The van der Waals surface area contributed by atoms with E-state index in [0.717, 1.165) is 18.9 Å². The summed E-state index contributed by atoms with van der Waals surface area (Å²) in [6.45, 7) is 4.09. The second-order valence-corrected chi connectivity index (χ2v) is 4.24. The van der Waals surface area contributed by atoms with Crippen molar-refractivity contribution in [2.75, 3.05) is 11.9 Å². The molecule has 0 heterocycles. The van der Waals surface area contributed by atoms with Gasteiger partial charge in [-0.15, -0.1) is 0 Å². The number of nitriles is 1. The second kappa shape index (κ2) is 7.37. The average Bonchev–Trinajstić information content (AvgIpc) is 2.43. The van der Waals surface area contributed by atoms with Gasteiger partial charge >= 0.3 is 0 Å². The Morgan fingerprint density at radius 3 is 2.68 bits per heavy atom. The smallest absolute Gasteiger partial charge is 0.239 e. The summed E-state index contributed by atoms with van der Waals surface area (Å²) in [6, 6.07) is 5.90. The Morgan fingerprint density at radius 2 is 2.11 bits per heavy atom. The lowest BCUT2D eigenvalue weighted by atomic mass is 10.1. The number of halogens is 1. The molecular weight excluding hydrogens is 245 g/mol. The average molecular weight is 263 g/mol. The summed E-state index contributed by atoms with van der Waals surface area (Å²) in [6.07, 6.45) is 1.75. The molecule has 102 valence electrons. The largest absolute Gasteiger partial charge is 0.375 e. The molecule has 4 nitrogen and oxygen atoms in total. The van der Waals surface area contributed by atoms with E-state index in [2.05, 4.69) is 10.6 Å². The zero-order valence-electron chi connectivity index (χ0n) is 11.2. The van der Waals surface area contributed by atoms with Crippen LogP contribution in [0.25, 0.3) is 0 Å². The summed E-state index contributed by atoms with van der Waals surface area (Å²) < 4.78 is 12.9. The number of nitrogens with zero attached hydrogens (tertiary/aromatic N) is 1. The van der Waals surface area contributed by atoms with E-state index in [1.165, 1.54) is 12.1 Å². The van der Waals surface area contributed by atoms with Crippen LogP contribution in [0.1, 0.15) is 32.3 Å². The van der Waals surface area contributed by atoms with Crippen molar-refractivity contribution < 1.29 is 9.18 Å². The Labute approximate surface area is 112 Å². The van der Waals surface area contributed by atoms with Crippen LogP contribution in [0.2, 0.25) is 0 Å². The van der Waals surface area contributed by atoms with E-state index in [9.17, 15) is 9.18 Å². The first-order valence-electron chi connectivity index (χ1n) is 6.33. The number of nitrogens with one attached hydrogen (secondary N) is 2. The third kappa shape index (κ3) is 4.59. The van der Waals surface area contributed by atoms with Crippen LogP contribution >= 0.6 is 0 Å². The molecule has 0 spiro atoms. The third-order valence-corrected chi connectivity index (χ3v) is 2.89. The first kappa shape index (κ1) is 15.0. The summed E-state index contributed by atoms with van der Waals surface area (Å²) in [5.74, 6) is -0.606. The van der Waals surface area contributed by atoms with Crippen LogP contribution in [0.3, 0.4) is 0 Å². The van der Waals surface area contributed by atoms with Gasteiger partial charge in [-0.2, -0.15) is 5.26 Å². The fourth-order valence-electron chi connectivity index (χ4n) is 1.71. The maximum atomic E-state index is 12.9. The number of carbonyl (C=O) groups is 1.